The number of carboxylic acids is 1. The molecule has 2 aromatic carbocycles. The highest BCUT2D eigenvalue weighted by Gasteiger charge is 2.11. The van der Waals surface area contributed by atoms with Gasteiger partial charge in [-0.15, -0.1) is 0 Å². The van der Waals surface area contributed by atoms with Gasteiger partial charge in [0.05, 0.1) is 11.9 Å². The second-order valence-corrected chi connectivity index (χ2v) is 5.50. The fraction of sp³-hybridized carbons (Fsp3) is 0.158. The van der Waals surface area contributed by atoms with Crippen LogP contribution in [0.2, 0.25) is 0 Å². The smallest absolute Gasteiger partial charge is 0.303 e. The first-order valence-corrected chi connectivity index (χ1v) is 7.31. The second kappa shape index (κ2) is 5.98. The molecule has 0 fully saturated rings. The molecule has 0 saturated carbocycles. The molecular formula is C19H17NO2. The van der Waals surface area contributed by atoms with Gasteiger partial charge in [0.25, 0.3) is 0 Å². The Kier molecular flexibility index (Phi) is 3.88. The van der Waals surface area contributed by atoms with Gasteiger partial charge in [-0.05, 0) is 23.1 Å². The summed E-state index contributed by atoms with van der Waals surface area (Å²) in [5, 5.41) is 10.0. The number of hydrogen-bond donors (Lipinski definition) is 1. The van der Waals surface area contributed by atoms with Crippen molar-refractivity contribution in [3.63, 3.8) is 0 Å². The molecule has 1 atom stereocenters. The summed E-state index contributed by atoms with van der Waals surface area (Å²) in [5.74, 6) is -0.757. The molecule has 22 heavy (non-hydrogen) atoms. The molecule has 0 aliphatic rings. The normalized spacial score (nSPS) is 12.2. The van der Waals surface area contributed by atoms with E-state index in [1.54, 1.807) is 6.20 Å². The van der Waals surface area contributed by atoms with E-state index in [0.29, 0.717) is 0 Å². The van der Waals surface area contributed by atoms with Crippen LogP contribution in [-0.4, -0.2) is 16.1 Å². The Morgan fingerprint density at radius 1 is 1.09 bits per heavy atom. The molecule has 1 unspecified atom stereocenters. The number of carboxylic acid groups (broad SMARTS) is 1. The van der Waals surface area contributed by atoms with Crippen molar-refractivity contribution in [3.8, 4) is 11.1 Å². The van der Waals surface area contributed by atoms with Gasteiger partial charge in [0.15, 0.2) is 0 Å². The summed E-state index contributed by atoms with van der Waals surface area (Å²) < 4.78 is 0. The van der Waals surface area contributed by atoms with Gasteiger partial charge in [-0.2, -0.15) is 0 Å². The van der Waals surface area contributed by atoms with Crippen LogP contribution < -0.4 is 0 Å². The molecule has 0 aliphatic heterocycles. The number of carbonyl (C=O) groups is 1. The predicted octanol–water partition coefficient (Wildman–Crippen LogP) is 4.48. The molecule has 3 rings (SSSR count). The first-order chi connectivity index (χ1) is 10.6. The fourth-order valence-corrected chi connectivity index (χ4v) is 2.71. The average molecular weight is 291 g/mol. The Labute approximate surface area is 129 Å². The number of aromatic nitrogens is 1. The van der Waals surface area contributed by atoms with Crippen LogP contribution in [0.25, 0.3) is 22.0 Å². The summed E-state index contributed by atoms with van der Waals surface area (Å²) in [5.41, 5.74) is 4.21. The Balaban J connectivity index is 1.97. The number of benzene rings is 2. The summed E-state index contributed by atoms with van der Waals surface area (Å²) >= 11 is 0. The van der Waals surface area contributed by atoms with Crippen LogP contribution in [0.4, 0.5) is 0 Å². The maximum atomic E-state index is 10.8. The number of para-hydroxylation sites is 1. The largest absolute Gasteiger partial charge is 0.481 e. The third kappa shape index (κ3) is 2.84. The molecule has 3 nitrogen and oxygen atoms in total. The summed E-state index contributed by atoms with van der Waals surface area (Å²) in [6.45, 7) is 1.93. The predicted molar refractivity (Wildman–Crippen MR) is 87.8 cm³/mol. The van der Waals surface area contributed by atoms with Crippen LogP contribution >= 0.6 is 0 Å². The standard InChI is InChI=1S/C19H17NO2/c1-13(12-18(21)22)14-7-9-15(10-8-14)17-6-2-4-16-5-3-11-20-19(16)17/h2-11,13H,12H2,1H3,(H,21,22). The van der Waals surface area contributed by atoms with Gasteiger partial charge >= 0.3 is 5.97 Å². The summed E-state index contributed by atoms with van der Waals surface area (Å²) in [6.07, 6.45) is 1.95. The fourth-order valence-electron chi connectivity index (χ4n) is 2.71. The number of rotatable bonds is 4. The van der Waals surface area contributed by atoms with Crippen LogP contribution in [0.15, 0.2) is 60.8 Å². The van der Waals surface area contributed by atoms with E-state index >= 15 is 0 Å². The number of nitrogens with zero attached hydrogens (tertiary/aromatic N) is 1. The molecule has 0 saturated heterocycles. The van der Waals surface area contributed by atoms with E-state index < -0.39 is 5.97 Å². The second-order valence-electron chi connectivity index (χ2n) is 5.50. The summed E-state index contributed by atoms with van der Waals surface area (Å²) in [4.78, 5) is 15.3. The third-order valence-electron chi connectivity index (χ3n) is 3.90. The van der Waals surface area contributed by atoms with Crippen molar-refractivity contribution >= 4 is 16.9 Å². The molecule has 3 aromatic rings. The van der Waals surface area contributed by atoms with Crippen LogP contribution in [0.1, 0.15) is 24.8 Å². The maximum absolute atomic E-state index is 10.8. The minimum absolute atomic E-state index is 0.0113. The molecule has 0 spiro atoms. The van der Waals surface area contributed by atoms with E-state index in [1.807, 2.05) is 43.3 Å². The third-order valence-corrected chi connectivity index (χ3v) is 3.90. The minimum Gasteiger partial charge on any atom is -0.481 e. The zero-order valence-corrected chi connectivity index (χ0v) is 12.4. The SMILES string of the molecule is CC(CC(=O)O)c1ccc(-c2cccc3cccnc23)cc1. The zero-order valence-electron chi connectivity index (χ0n) is 12.4. The summed E-state index contributed by atoms with van der Waals surface area (Å²) in [6, 6.07) is 18.2. The maximum Gasteiger partial charge on any atom is 0.303 e. The van der Waals surface area contributed by atoms with Gasteiger partial charge in [-0.1, -0.05) is 55.5 Å². The van der Waals surface area contributed by atoms with Crippen molar-refractivity contribution in [2.24, 2.45) is 0 Å². The molecule has 3 heteroatoms. The van der Waals surface area contributed by atoms with Gasteiger partial charge in [0.2, 0.25) is 0 Å². The lowest BCUT2D eigenvalue weighted by atomic mass is 9.94. The Hall–Kier alpha value is -2.68. The molecule has 1 heterocycles. The Bertz CT molecular complexity index is 804. The highest BCUT2D eigenvalue weighted by molar-refractivity contribution is 5.93. The van der Waals surface area contributed by atoms with Crippen molar-refractivity contribution in [1.29, 1.82) is 0 Å². The van der Waals surface area contributed by atoms with Crippen LogP contribution in [-0.2, 0) is 4.79 Å². The van der Waals surface area contributed by atoms with Crippen molar-refractivity contribution in [1.82, 2.24) is 4.98 Å². The lowest BCUT2D eigenvalue weighted by Crippen LogP contribution is -2.02. The molecule has 0 radical (unpaired) electrons. The van der Waals surface area contributed by atoms with E-state index in [1.165, 1.54) is 0 Å². The first kappa shape index (κ1) is 14.3. The van der Waals surface area contributed by atoms with Crippen LogP contribution in [0.5, 0.6) is 0 Å². The van der Waals surface area contributed by atoms with Crippen LogP contribution in [0.3, 0.4) is 0 Å². The van der Waals surface area contributed by atoms with E-state index in [-0.39, 0.29) is 12.3 Å². The van der Waals surface area contributed by atoms with Crippen molar-refractivity contribution in [2.75, 3.05) is 0 Å². The van der Waals surface area contributed by atoms with Crippen molar-refractivity contribution in [3.05, 3.63) is 66.4 Å². The van der Waals surface area contributed by atoms with Gasteiger partial charge in [0.1, 0.15) is 0 Å². The molecule has 0 aliphatic carbocycles. The molecule has 0 bridgehead atoms. The van der Waals surface area contributed by atoms with Crippen LogP contribution in [0, 0.1) is 0 Å². The Morgan fingerprint density at radius 2 is 1.82 bits per heavy atom. The molecule has 110 valence electrons. The molecular weight excluding hydrogens is 274 g/mol. The minimum atomic E-state index is -0.769. The lowest BCUT2D eigenvalue weighted by molar-refractivity contribution is -0.137. The van der Waals surface area contributed by atoms with Crippen molar-refractivity contribution in [2.45, 2.75) is 19.3 Å². The highest BCUT2D eigenvalue weighted by atomic mass is 16.4. The number of hydrogen-bond acceptors (Lipinski definition) is 2. The quantitative estimate of drug-likeness (QED) is 0.771. The summed E-state index contributed by atoms with van der Waals surface area (Å²) in [7, 11) is 0. The van der Waals surface area contributed by atoms with Gasteiger partial charge < -0.3 is 5.11 Å². The lowest BCUT2D eigenvalue weighted by Gasteiger charge is -2.11. The highest BCUT2D eigenvalue weighted by Crippen LogP contribution is 2.28. The molecule has 1 aromatic heterocycles. The Morgan fingerprint density at radius 3 is 2.55 bits per heavy atom. The average Bonchev–Trinajstić information content (AvgIpc) is 2.54. The molecule has 0 amide bonds. The van der Waals surface area contributed by atoms with E-state index in [2.05, 4.69) is 23.2 Å². The number of pyridine rings is 1. The van der Waals surface area contributed by atoms with E-state index in [4.69, 9.17) is 5.11 Å². The zero-order chi connectivity index (χ0) is 15.5. The first-order valence-electron chi connectivity index (χ1n) is 7.31. The van der Waals surface area contributed by atoms with E-state index in [0.717, 1.165) is 27.6 Å². The van der Waals surface area contributed by atoms with Gasteiger partial charge in [0, 0.05) is 17.1 Å². The van der Waals surface area contributed by atoms with Gasteiger partial charge in [-0.25, -0.2) is 0 Å². The van der Waals surface area contributed by atoms with Gasteiger partial charge in [-0.3, -0.25) is 9.78 Å². The molecule has 1 N–H and O–H groups in total. The van der Waals surface area contributed by atoms with Crippen molar-refractivity contribution < 1.29 is 9.90 Å². The van der Waals surface area contributed by atoms with E-state index in [9.17, 15) is 4.79 Å². The number of aliphatic carboxylic acids is 1. The monoisotopic (exact) mass is 291 g/mol. The topological polar surface area (TPSA) is 50.2 Å². The number of fused-ring (bicyclic) bond motifs is 1.